The van der Waals surface area contributed by atoms with E-state index >= 15 is 0 Å². The zero-order valence-electron chi connectivity index (χ0n) is 16.9. The zero-order chi connectivity index (χ0) is 19.6. The van der Waals surface area contributed by atoms with Gasteiger partial charge in [-0.05, 0) is 43.4 Å². The molecule has 0 saturated heterocycles. The Hall–Kier alpha value is -2.32. The third kappa shape index (κ3) is 12.1. The highest BCUT2D eigenvalue weighted by molar-refractivity contribution is 5.34. The molecule has 0 rings (SSSR count). The molecule has 0 fully saturated rings. The van der Waals surface area contributed by atoms with Crippen LogP contribution in [0.4, 0.5) is 0 Å². The highest BCUT2D eigenvalue weighted by Gasteiger charge is 1.96. The Balaban J connectivity index is 5.02. The Labute approximate surface area is 161 Å². The summed E-state index contributed by atoms with van der Waals surface area (Å²) in [6, 6.07) is 0. The maximum atomic E-state index is 5.54. The predicted molar refractivity (Wildman–Crippen MR) is 119 cm³/mol. The molecule has 0 aliphatic rings. The van der Waals surface area contributed by atoms with Crippen LogP contribution in [0.3, 0.4) is 0 Å². The van der Waals surface area contributed by atoms with Gasteiger partial charge in [0.15, 0.2) is 0 Å². The second-order valence-electron chi connectivity index (χ2n) is 6.00. The van der Waals surface area contributed by atoms with Gasteiger partial charge in [0.25, 0.3) is 0 Å². The Bertz CT molecular complexity index is 596. The molecule has 0 aliphatic heterocycles. The van der Waals surface area contributed by atoms with Crippen molar-refractivity contribution in [2.75, 3.05) is 6.54 Å². The molecular weight excluding hydrogens is 316 g/mol. The lowest BCUT2D eigenvalue weighted by Gasteiger charge is -2.06. The summed E-state index contributed by atoms with van der Waals surface area (Å²) in [5.41, 5.74) is 8.98. The smallest absolute Gasteiger partial charge is 0.0333 e. The molecule has 1 atom stereocenters. The minimum absolute atomic E-state index is 0.520. The van der Waals surface area contributed by atoms with Gasteiger partial charge < -0.3 is 11.1 Å². The van der Waals surface area contributed by atoms with Crippen molar-refractivity contribution < 1.29 is 0 Å². The number of hydrogen-bond acceptors (Lipinski definition) is 2. The molecule has 0 bridgehead atoms. The maximum Gasteiger partial charge on any atom is 0.0333 e. The SMILES string of the molecule is C=C/C=C/C(/C=C\CN)=C\NC(/C=C\CC(/C=C\C)=C/C(C)CC)=C/C. The summed E-state index contributed by atoms with van der Waals surface area (Å²) in [5.74, 6) is 0.602. The van der Waals surface area contributed by atoms with Crippen molar-refractivity contribution in [3.05, 3.63) is 96.5 Å². The van der Waals surface area contributed by atoms with Crippen LogP contribution in [-0.4, -0.2) is 6.54 Å². The first-order valence-corrected chi connectivity index (χ1v) is 9.39. The van der Waals surface area contributed by atoms with Crippen molar-refractivity contribution >= 4 is 0 Å². The van der Waals surface area contributed by atoms with Crippen LogP contribution in [0.15, 0.2) is 96.5 Å². The van der Waals surface area contributed by atoms with Crippen LogP contribution in [0.5, 0.6) is 0 Å². The predicted octanol–water partition coefficient (Wildman–Crippen LogP) is 6.12. The summed E-state index contributed by atoms with van der Waals surface area (Å²) in [4.78, 5) is 0. The van der Waals surface area contributed by atoms with E-state index in [1.165, 1.54) is 5.57 Å². The lowest BCUT2D eigenvalue weighted by molar-refractivity contribution is 0.693. The fraction of sp³-hybridized carbons (Fsp3) is 0.333. The van der Waals surface area contributed by atoms with Crippen LogP contribution in [0.2, 0.25) is 0 Å². The van der Waals surface area contributed by atoms with Crippen molar-refractivity contribution in [3.8, 4) is 0 Å². The van der Waals surface area contributed by atoms with Crippen molar-refractivity contribution in [1.82, 2.24) is 5.32 Å². The van der Waals surface area contributed by atoms with Crippen molar-refractivity contribution in [2.45, 2.75) is 40.5 Å². The van der Waals surface area contributed by atoms with E-state index in [-0.39, 0.29) is 0 Å². The summed E-state index contributed by atoms with van der Waals surface area (Å²) >= 11 is 0. The highest BCUT2D eigenvalue weighted by Crippen LogP contribution is 2.13. The van der Waals surface area contributed by atoms with Crippen LogP contribution in [0.25, 0.3) is 0 Å². The first-order valence-electron chi connectivity index (χ1n) is 9.39. The molecule has 0 amide bonds. The molecule has 0 heterocycles. The van der Waals surface area contributed by atoms with E-state index in [4.69, 9.17) is 5.73 Å². The third-order valence-corrected chi connectivity index (χ3v) is 3.76. The van der Waals surface area contributed by atoms with Crippen LogP contribution >= 0.6 is 0 Å². The molecule has 142 valence electrons. The summed E-state index contributed by atoms with van der Waals surface area (Å²) in [6.07, 6.45) is 26.6. The van der Waals surface area contributed by atoms with E-state index in [0.29, 0.717) is 12.5 Å². The largest absolute Gasteiger partial charge is 0.361 e. The molecule has 26 heavy (non-hydrogen) atoms. The first kappa shape index (κ1) is 23.7. The second-order valence-corrected chi connectivity index (χ2v) is 6.00. The molecule has 0 aromatic heterocycles. The molecule has 0 saturated carbocycles. The van der Waals surface area contributed by atoms with E-state index in [2.05, 4.69) is 69.1 Å². The first-order chi connectivity index (χ1) is 12.6. The van der Waals surface area contributed by atoms with Crippen LogP contribution < -0.4 is 11.1 Å². The van der Waals surface area contributed by atoms with Crippen molar-refractivity contribution in [1.29, 1.82) is 0 Å². The van der Waals surface area contributed by atoms with E-state index in [9.17, 15) is 0 Å². The molecule has 1 unspecified atom stereocenters. The van der Waals surface area contributed by atoms with E-state index in [1.54, 1.807) is 6.08 Å². The standard InChI is InChI=1S/C24H36N2/c1-6-10-14-23(16-12-18-25)20-26-24(9-4)17-11-15-22(13-7-2)19-21(5)8-3/h6-7,9-14,16-17,19-21,26H,1,8,15,18,25H2,2-5H3/b13-7-,14-10+,16-12-,17-11-,22-19+,23-20+,24-9+. The van der Waals surface area contributed by atoms with Crippen LogP contribution in [-0.2, 0) is 0 Å². The summed E-state index contributed by atoms with van der Waals surface area (Å²) in [7, 11) is 0. The van der Waals surface area contributed by atoms with E-state index in [1.807, 2.05) is 37.4 Å². The molecule has 0 spiro atoms. The quantitative estimate of drug-likeness (QED) is 0.415. The van der Waals surface area contributed by atoms with E-state index in [0.717, 1.165) is 24.1 Å². The molecule has 3 N–H and O–H groups in total. The van der Waals surface area contributed by atoms with Gasteiger partial charge in [0.2, 0.25) is 0 Å². The van der Waals surface area contributed by atoms with Gasteiger partial charge in [-0.2, -0.15) is 0 Å². The van der Waals surface area contributed by atoms with Crippen LogP contribution in [0.1, 0.15) is 40.5 Å². The van der Waals surface area contributed by atoms with Crippen molar-refractivity contribution in [2.24, 2.45) is 11.7 Å². The molecule has 0 aromatic rings. The van der Waals surface area contributed by atoms with Gasteiger partial charge in [0.1, 0.15) is 0 Å². The molecule has 2 heteroatoms. The van der Waals surface area contributed by atoms with Gasteiger partial charge in [0.05, 0.1) is 0 Å². The highest BCUT2D eigenvalue weighted by atomic mass is 14.8. The topological polar surface area (TPSA) is 38.0 Å². The summed E-state index contributed by atoms with van der Waals surface area (Å²) < 4.78 is 0. The minimum atomic E-state index is 0.520. The van der Waals surface area contributed by atoms with Gasteiger partial charge in [-0.25, -0.2) is 0 Å². The zero-order valence-corrected chi connectivity index (χ0v) is 16.9. The Morgan fingerprint density at radius 2 is 1.88 bits per heavy atom. The number of rotatable bonds is 12. The van der Waals surface area contributed by atoms with Gasteiger partial charge >= 0.3 is 0 Å². The fourth-order valence-electron chi connectivity index (χ4n) is 2.14. The molecule has 0 aliphatic carbocycles. The molecule has 0 radical (unpaired) electrons. The van der Waals surface area contributed by atoms with Gasteiger partial charge in [-0.3, -0.25) is 0 Å². The number of allylic oxidation sites excluding steroid dienone is 12. The second kappa shape index (κ2) is 16.2. The minimum Gasteiger partial charge on any atom is -0.361 e. The summed E-state index contributed by atoms with van der Waals surface area (Å²) in [5, 5.41) is 3.34. The molecule has 2 nitrogen and oxygen atoms in total. The summed E-state index contributed by atoms with van der Waals surface area (Å²) in [6.45, 7) is 12.8. The third-order valence-electron chi connectivity index (χ3n) is 3.76. The Morgan fingerprint density at radius 1 is 1.12 bits per heavy atom. The monoisotopic (exact) mass is 352 g/mol. The normalized spacial score (nSPS) is 15.7. The lowest BCUT2D eigenvalue weighted by Crippen LogP contribution is -2.03. The van der Waals surface area contributed by atoms with Crippen LogP contribution in [0, 0.1) is 5.92 Å². The van der Waals surface area contributed by atoms with Gasteiger partial charge in [0, 0.05) is 18.4 Å². The fourth-order valence-corrected chi connectivity index (χ4v) is 2.14. The average molecular weight is 353 g/mol. The lowest BCUT2D eigenvalue weighted by atomic mass is 10.0. The number of nitrogens with two attached hydrogens (primary N) is 1. The number of nitrogens with one attached hydrogen (secondary N) is 1. The van der Waals surface area contributed by atoms with Gasteiger partial charge in [-0.1, -0.05) is 87.6 Å². The van der Waals surface area contributed by atoms with Gasteiger partial charge in [-0.15, -0.1) is 0 Å². The Kier molecular flexibility index (Phi) is 14.7. The molecule has 0 aromatic carbocycles. The maximum absolute atomic E-state index is 5.54. The Morgan fingerprint density at radius 3 is 2.46 bits per heavy atom. The number of hydrogen-bond donors (Lipinski definition) is 2. The van der Waals surface area contributed by atoms with Crippen molar-refractivity contribution in [3.63, 3.8) is 0 Å². The average Bonchev–Trinajstić information content (AvgIpc) is 2.65. The van der Waals surface area contributed by atoms with E-state index < -0.39 is 0 Å². The molecular formula is C24H36N2.